The summed E-state index contributed by atoms with van der Waals surface area (Å²) >= 11 is 0. The highest BCUT2D eigenvalue weighted by Gasteiger charge is 2.23. The second-order valence-corrected chi connectivity index (χ2v) is 6.59. The molecule has 0 saturated carbocycles. The van der Waals surface area contributed by atoms with Crippen molar-refractivity contribution in [3.05, 3.63) is 29.8 Å². The molecule has 136 valence electrons. The molecule has 0 aromatic heterocycles. The molecule has 2 N–H and O–H groups in total. The van der Waals surface area contributed by atoms with Gasteiger partial charge in [0, 0.05) is 25.7 Å². The average molecular weight is 356 g/mol. The minimum Gasteiger partial charge on any atom is -0.497 e. The van der Waals surface area contributed by atoms with E-state index in [0.717, 1.165) is 30.9 Å². The van der Waals surface area contributed by atoms with Crippen LogP contribution in [0.25, 0.3) is 0 Å². The quantitative estimate of drug-likeness (QED) is 0.821. The van der Waals surface area contributed by atoms with Crippen molar-refractivity contribution >= 4 is 18.3 Å². The van der Waals surface area contributed by atoms with E-state index < -0.39 is 0 Å². The summed E-state index contributed by atoms with van der Waals surface area (Å²) in [5, 5.41) is 6.54. The number of hydrogen-bond acceptors (Lipinski definition) is 4. The standard InChI is InChI=1S/C18H29N3O2.ClH/c1-13(2)18(15-5-7-16(23-4)8-6-15)20-17(22)12-21-10-9-19-11-14(21)3;/h5-8,13-14,18-19H,9-12H2,1-4H3,(H,20,22);1H/t14-,18?;/m0./s1. The van der Waals surface area contributed by atoms with E-state index in [-0.39, 0.29) is 24.4 Å². The fourth-order valence-corrected chi connectivity index (χ4v) is 2.97. The van der Waals surface area contributed by atoms with E-state index in [1.807, 2.05) is 24.3 Å². The Bertz CT molecular complexity index is 507. The average Bonchev–Trinajstić information content (AvgIpc) is 2.55. The summed E-state index contributed by atoms with van der Waals surface area (Å²) in [7, 11) is 1.66. The molecule has 0 radical (unpaired) electrons. The van der Waals surface area contributed by atoms with Gasteiger partial charge in [0.2, 0.25) is 5.91 Å². The number of benzene rings is 1. The fraction of sp³-hybridized carbons (Fsp3) is 0.611. The van der Waals surface area contributed by atoms with Crippen LogP contribution in [0, 0.1) is 5.92 Å². The highest BCUT2D eigenvalue weighted by atomic mass is 35.5. The molecule has 5 nitrogen and oxygen atoms in total. The van der Waals surface area contributed by atoms with Gasteiger partial charge in [-0.1, -0.05) is 26.0 Å². The van der Waals surface area contributed by atoms with Crippen LogP contribution in [0.2, 0.25) is 0 Å². The Labute approximate surface area is 151 Å². The van der Waals surface area contributed by atoms with Crippen molar-refractivity contribution in [3.8, 4) is 5.75 Å². The Morgan fingerprint density at radius 1 is 1.38 bits per heavy atom. The third kappa shape index (κ3) is 5.65. The number of nitrogens with one attached hydrogen (secondary N) is 2. The van der Waals surface area contributed by atoms with Gasteiger partial charge in [-0.05, 0) is 30.5 Å². The molecule has 1 amide bonds. The number of halogens is 1. The van der Waals surface area contributed by atoms with Gasteiger partial charge in [-0.3, -0.25) is 9.69 Å². The summed E-state index contributed by atoms with van der Waals surface area (Å²) in [4.78, 5) is 14.7. The van der Waals surface area contributed by atoms with Crippen molar-refractivity contribution in [1.82, 2.24) is 15.5 Å². The van der Waals surface area contributed by atoms with Crippen molar-refractivity contribution in [2.75, 3.05) is 33.3 Å². The van der Waals surface area contributed by atoms with Gasteiger partial charge in [0.25, 0.3) is 0 Å². The highest BCUT2D eigenvalue weighted by Crippen LogP contribution is 2.23. The summed E-state index contributed by atoms with van der Waals surface area (Å²) in [6, 6.07) is 8.35. The van der Waals surface area contributed by atoms with Crippen LogP contribution in [-0.2, 0) is 4.79 Å². The van der Waals surface area contributed by atoms with E-state index in [2.05, 4.69) is 36.3 Å². The van der Waals surface area contributed by atoms with Gasteiger partial charge in [0.15, 0.2) is 0 Å². The smallest absolute Gasteiger partial charge is 0.234 e. The van der Waals surface area contributed by atoms with Gasteiger partial charge < -0.3 is 15.4 Å². The van der Waals surface area contributed by atoms with Gasteiger partial charge in [-0.25, -0.2) is 0 Å². The Morgan fingerprint density at radius 2 is 2.04 bits per heavy atom. The zero-order chi connectivity index (χ0) is 16.8. The lowest BCUT2D eigenvalue weighted by Gasteiger charge is -2.34. The molecule has 1 fully saturated rings. The van der Waals surface area contributed by atoms with Crippen LogP contribution >= 0.6 is 12.4 Å². The number of amides is 1. The third-order valence-corrected chi connectivity index (χ3v) is 4.44. The van der Waals surface area contributed by atoms with E-state index in [1.165, 1.54) is 0 Å². The number of hydrogen-bond donors (Lipinski definition) is 2. The summed E-state index contributed by atoms with van der Waals surface area (Å²) in [5.74, 6) is 1.25. The first-order chi connectivity index (χ1) is 11.0. The zero-order valence-electron chi connectivity index (χ0n) is 15.0. The molecule has 2 atom stereocenters. The van der Waals surface area contributed by atoms with E-state index in [0.29, 0.717) is 18.5 Å². The summed E-state index contributed by atoms with van der Waals surface area (Å²) in [6.07, 6.45) is 0. The lowest BCUT2D eigenvalue weighted by Crippen LogP contribution is -2.53. The SMILES string of the molecule is COc1ccc(C(NC(=O)CN2CCNC[C@@H]2C)C(C)C)cc1.Cl. The summed E-state index contributed by atoms with van der Waals surface area (Å²) in [5.41, 5.74) is 1.11. The van der Waals surface area contributed by atoms with Crippen molar-refractivity contribution in [3.63, 3.8) is 0 Å². The molecule has 1 heterocycles. The predicted molar refractivity (Wildman–Crippen MR) is 99.9 cm³/mol. The topological polar surface area (TPSA) is 53.6 Å². The van der Waals surface area contributed by atoms with E-state index in [9.17, 15) is 4.79 Å². The lowest BCUT2D eigenvalue weighted by molar-refractivity contribution is -0.124. The van der Waals surface area contributed by atoms with Crippen molar-refractivity contribution in [2.24, 2.45) is 5.92 Å². The molecule has 1 aromatic carbocycles. The molecule has 6 heteroatoms. The fourth-order valence-electron chi connectivity index (χ4n) is 2.97. The zero-order valence-corrected chi connectivity index (χ0v) is 15.9. The first-order valence-electron chi connectivity index (χ1n) is 8.39. The monoisotopic (exact) mass is 355 g/mol. The number of rotatable bonds is 6. The normalized spacial score (nSPS) is 19.5. The summed E-state index contributed by atoms with van der Waals surface area (Å²) < 4.78 is 5.20. The van der Waals surface area contributed by atoms with Crippen molar-refractivity contribution in [1.29, 1.82) is 0 Å². The third-order valence-electron chi connectivity index (χ3n) is 4.44. The minimum atomic E-state index is 0. The molecule has 1 aliphatic rings. The number of ether oxygens (including phenoxy) is 1. The lowest BCUT2D eigenvalue weighted by atomic mass is 9.96. The van der Waals surface area contributed by atoms with Crippen LogP contribution in [-0.4, -0.2) is 50.1 Å². The number of nitrogens with zero attached hydrogens (tertiary/aromatic N) is 1. The second-order valence-electron chi connectivity index (χ2n) is 6.59. The van der Waals surface area contributed by atoms with Crippen molar-refractivity contribution in [2.45, 2.75) is 32.9 Å². The molecule has 1 aliphatic heterocycles. The number of piperazine rings is 1. The van der Waals surface area contributed by atoms with Gasteiger partial charge in [0.05, 0.1) is 19.7 Å². The van der Waals surface area contributed by atoms with Crippen LogP contribution in [0.4, 0.5) is 0 Å². The first kappa shape index (κ1) is 20.7. The van der Waals surface area contributed by atoms with Crippen LogP contribution in [0.3, 0.4) is 0 Å². The van der Waals surface area contributed by atoms with Crippen LogP contribution in [0.15, 0.2) is 24.3 Å². The van der Waals surface area contributed by atoms with E-state index in [4.69, 9.17) is 4.74 Å². The molecule has 1 aromatic rings. The molecule has 1 saturated heterocycles. The number of methoxy groups -OCH3 is 1. The van der Waals surface area contributed by atoms with Gasteiger partial charge in [0.1, 0.15) is 5.75 Å². The van der Waals surface area contributed by atoms with Crippen LogP contribution in [0.1, 0.15) is 32.4 Å². The Morgan fingerprint density at radius 3 is 2.58 bits per heavy atom. The predicted octanol–water partition coefficient (Wildman–Crippen LogP) is 2.22. The van der Waals surface area contributed by atoms with Crippen LogP contribution in [0.5, 0.6) is 5.75 Å². The van der Waals surface area contributed by atoms with Gasteiger partial charge in [-0.15, -0.1) is 12.4 Å². The Hall–Kier alpha value is -1.30. The van der Waals surface area contributed by atoms with E-state index >= 15 is 0 Å². The molecule has 24 heavy (non-hydrogen) atoms. The number of carbonyl (C=O) groups is 1. The molecule has 0 spiro atoms. The van der Waals surface area contributed by atoms with Gasteiger partial charge >= 0.3 is 0 Å². The second kappa shape index (κ2) is 9.87. The molecular weight excluding hydrogens is 326 g/mol. The Balaban J connectivity index is 0.00000288. The first-order valence-corrected chi connectivity index (χ1v) is 8.39. The molecule has 1 unspecified atom stereocenters. The highest BCUT2D eigenvalue weighted by molar-refractivity contribution is 5.85. The van der Waals surface area contributed by atoms with Crippen LogP contribution < -0.4 is 15.4 Å². The maximum absolute atomic E-state index is 12.5. The molecule has 0 bridgehead atoms. The van der Waals surface area contributed by atoms with Gasteiger partial charge in [-0.2, -0.15) is 0 Å². The maximum Gasteiger partial charge on any atom is 0.234 e. The minimum absolute atomic E-state index is 0. The van der Waals surface area contributed by atoms with E-state index in [1.54, 1.807) is 7.11 Å². The maximum atomic E-state index is 12.5. The van der Waals surface area contributed by atoms with Crippen molar-refractivity contribution < 1.29 is 9.53 Å². The molecule has 2 rings (SSSR count). The Kier molecular flexibility index (Phi) is 8.53. The molecule has 0 aliphatic carbocycles. The summed E-state index contributed by atoms with van der Waals surface area (Å²) in [6.45, 7) is 9.68. The largest absolute Gasteiger partial charge is 0.497 e. The number of carbonyl (C=O) groups excluding carboxylic acids is 1. The molecular formula is C18H30ClN3O2.